The van der Waals surface area contributed by atoms with Gasteiger partial charge in [0.05, 0.1) is 43.7 Å². The maximum Gasteiger partial charge on any atom is 0.294 e. The van der Waals surface area contributed by atoms with Gasteiger partial charge in [0.1, 0.15) is 5.82 Å². The molecule has 0 spiro atoms. The molecule has 0 unspecified atom stereocenters. The van der Waals surface area contributed by atoms with E-state index in [1.54, 1.807) is 27.8 Å². The molecular formula is C22H26FN3O5. The third-order valence-corrected chi connectivity index (χ3v) is 5.34. The van der Waals surface area contributed by atoms with Gasteiger partial charge in [-0.25, -0.2) is 4.39 Å². The van der Waals surface area contributed by atoms with Gasteiger partial charge in [0.15, 0.2) is 0 Å². The number of anilines is 1. The molecule has 2 heterocycles. The number of nitrogens with zero attached hydrogens (tertiary/aromatic N) is 1. The largest absolute Gasteiger partial charge is 0.377 e. The second kappa shape index (κ2) is 9.40. The van der Waals surface area contributed by atoms with E-state index in [1.807, 2.05) is 0 Å². The normalized spacial score (nSPS) is 14.7. The number of benzene rings is 1. The van der Waals surface area contributed by atoms with E-state index < -0.39 is 23.6 Å². The molecule has 9 heteroatoms. The average Bonchev–Trinajstić information content (AvgIpc) is 2.88. The van der Waals surface area contributed by atoms with Gasteiger partial charge in [-0.3, -0.25) is 14.4 Å². The van der Waals surface area contributed by atoms with Crippen LogP contribution in [0.5, 0.6) is 0 Å². The first kappa shape index (κ1) is 22.6. The molecule has 166 valence electrons. The number of hydrogen-bond donors (Lipinski definition) is 2. The Morgan fingerprint density at radius 3 is 2.35 bits per heavy atom. The van der Waals surface area contributed by atoms with E-state index in [4.69, 9.17) is 9.47 Å². The van der Waals surface area contributed by atoms with E-state index in [0.717, 1.165) is 0 Å². The van der Waals surface area contributed by atoms with E-state index in [9.17, 15) is 18.8 Å². The molecule has 3 rings (SSSR count). The predicted octanol–water partition coefficient (Wildman–Crippen LogP) is 2.06. The van der Waals surface area contributed by atoms with Gasteiger partial charge in [-0.15, -0.1) is 0 Å². The molecule has 0 bridgehead atoms. The SMILES string of the molecule is Cc1cc(NC(=O)c2c(C)c(C(=O)C(=O)NC3COCCOC3)n(C)c2C)ccc1F. The zero-order chi connectivity index (χ0) is 22.7. The van der Waals surface area contributed by atoms with E-state index in [1.165, 1.54) is 22.8 Å². The third-order valence-electron chi connectivity index (χ3n) is 5.34. The second-order valence-electron chi connectivity index (χ2n) is 7.56. The van der Waals surface area contributed by atoms with Gasteiger partial charge in [-0.2, -0.15) is 0 Å². The molecule has 2 N–H and O–H groups in total. The van der Waals surface area contributed by atoms with Crippen LogP contribution >= 0.6 is 0 Å². The summed E-state index contributed by atoms with van der Waals surface area (Å²) in [5.74, 6) is -2.34. The Labute approximate surface area is 179 Å². The number of aryl methyl sites for hydroxylation is 1. The first-order valence-corrected chi connectivity index (χ1v) is 9.94. The van der Waals surface area contributed by atoms with Crippen molar-refractivity contribution in [3.05, 3.63) is 52.1 Å². The molecule has 1 aliphatic rings. The zero-order valence-electron chi connectivity index (χ0n) is 18.0. The molecule has 1 saturated heterocycles. The van der Waals surface area contributed by atoms with Crippen molar-refractivity contribution in [3.8, 4) is 0 Å². The highest BCUT2D eigenvalue weighted by Gasteiger charge is 2.30. The summed E-state index contributed by atoms with van der Waals surface area (Å²) in [6.45, 7) is 6.30. The van der Waals surface area contributed by atoms with Crippen LogP contribution in [-0.4, -0.2) is 54.6 Å². The van der Waals surface area contributed by atoms with Crippen molar-refractivity contribution in [2.45, 2.75) is 26.8 Å². The second-order valence-corrected chi connectivity index (χ2v) is 7.56. The van der Waals surface area contributed by atoms with Crippen LogP contribution in [0.1, 0.15) is 37.7 Å². The van der Waals surface area contributed by atoms with E-state index in [0.29, 0.717) is 41.3 Å². The number of carbonyl (C=O) groups is 3. The van der Waals surface area contributed by atoms with Crippen molar-refractivity contribution in [1.29, 1.82) is 0 Å². The van der Waals surface area contributed by atoms with E-state index >= 15 is 0 Å². The molecule has 2 aromatic rings. The fourth-order valence-corrected chi connectivity index (χ4v) is 3.61. The highest BCUT2D eigenvalue weighted by Crippen LogP contribution is 2.24. The number of carbonyl (C=O) groups excluding carboxylic acids is 3. The van der Waals surface area contributed by atoms with Crippen LogP contribution in [0.3, 0.4) is 0 Å². The monoisotopic (exact) mass is 431 g/mol. The quantitative estimate of drug-likeness (QED) is 0.558. The average molecular weight is 431 g/mol. The summed E-state index contributed by atoms with van der Waals surface area (Å²) in [4.78, 5) is 38.3. The summed E-state index contributed by atoms with van der Waals surface area (Å²) >= 11 is 0. The zero-order valence-corrected chi connectivity index (χ0v) is 18.0. The van der Waals surface area contributed by atoms with Gasteiger partial charge in [-0.05, 0) is 50.1 Å². The lowest BCUT2D eigenvalue weighted by Gasteiger charge is -2.15. The summed E-state index contributed by atoms with van der Waals surface area (Å²) in [6.07, 6.45) is 0. The van der Waals surface area contributed by atoms with Gasteiger partial charge < -0.3 is 24.7 Å². The molecule has 31 heavy (non-hydrogen) atoms. The molecule has 2 amide bonds. The summed E-state index contributed by atoms with van der Waals surface area (Å²) in [5, 5.41) is 5.36. The van der Waals surface area contributed by atoms with Crippen LogP contribution in [0.4, 0.5) is 10.1 Å². The van der Waals surface area contributed by atoms with Crippen LogP contribution in [0.15, 0.2) is 18.2 Å². The molecule has 0 atom stereocenters. The lowest BCUT2D eigenvalue weighted by molar-refractivity contribution is -0.118. The minimum absolute atomic E-state index is 0.130. The number of hydrogen-bond acceptors (Lipinski definition) is 5. The fraction of sp³-hybridized carbons (Fsp3) is 0.409. The van der Waals surface area contributed by atoms with Gasteiger partial charge in [0.2, 0.25) is 0 Å². The number of amides is 2. The topological polar surface area (TPSA) is 98.7 Å². The number of aromatic nitrogens is 1. The smallest absolute Gasteiger partial charge is 0.294 e. The number of halogens is 1. The van der Waals surface area contributed by atoms with Gasteiger partial charge in [0.25, 0.3) is 17.6 Å². The van der Waals surface area contributed by atoms with Crippen LogP contribution in [0.25, 0.3) is 0 Å². The number of Topliss-reactive ketones (excluding diaryl/α,β-unsaturated/α-hetero) is 1. The van der Waals surface area contributed by atoms with Crippen LogP contribution in [0.2, 0.25) is 0 Å². The standard InChI is InChI=1S/C22H26FN3O5/c1-12-9-15(5-6-17(12)23)24-21(28)18-13(2)19(26(4)14(18)3)20(27)22(29)25-16-10-30-7-8-31-11-16/h5-6,9,16H,7-8,10-11H2,1-4H3,(H,24,28)(H,25,29). The minimum atomic E-state index is -0.788. The number of ketones is 1. The van der Waals surface area contributed by atoms with E-state index in [2.05, 4.69) is 10.6 Å². The molecule has 0 radical (unpaired) electrons. The highest BCUT2D eigenvalue weighted by molar-refractivity contribution is 6.43. The van der Waals surface area contributed by atoms with Crippen molar-refractivity contribution in [3.63, 3.8) is 0 Å². The lowest BCUT2D eigenvalue weighted by Crippen LogP contribution is -2.44. The Bertz CT molecular complexity index is 1020. The molecule has 0 aliphatic carbocycles. The summed E-state index contributed by atoms with van der Waals surface area (Å²) in [5.41, 5.74) is 2.19. The van der Waals surface area contributed by atoms with Gasteiger partial charge in [-0.1, -0.05) is 0 Å². The van der Waals surface area contributed by atoms with E-state index in [-0.39, 0.29) is 24.7 Å². The summed E-state index contributed by atoms with van der Waals surface area (Å²) < 4.78 is 25.7. The van der Waals surface area contributed by atoms with Crippen molar-refractivity contribution in [2.75, 3.05) is 31.7 Å². The Morgan fingerprint density at radius 2 is 1.74 bits per heavy atom. The van der Waals surface area contributed by atoms with Crippen molar-refractivity contribution in [2.24, 2.45) is 7.05 Å². The molecule has 1 aliphatic heterocycles. The summed E-state index contributed by atoms with van der Waals surface area (Å²) in [7, 11) is 1.62. The van der Waals surface area contributed by atoms with Crippen LogP contribution in [0, 0.1) is 26.6 Å². The fourth-order valence-electron chi connectivity index (χ4n) is 3.61. The Hall–Kier alpha value is -3.04. The van der Waals surface area contributed by atoms with Crippen molar-refractivity contribution >= 4 is 23.3 Å². The van der Waals surface area contributed by atoms with Crippen molar-refractivity contribution < 1.29 is 28.2 Å². The first-order valence-electron chi connectivity index (χ1n) is 9.94. The molecule has 1 aromatic carbocycles. The third kappa shape index (κ3) is 4.83. The maximum atomic E-state index is 13.5. The number of ether oxygens (including phenoxy) is 2. The van der Waals surface area contributed by atoms with Crippen LogP contribution < -0.4 is 10.6 Å². The number of nitrogens with one attached hydrogen (secondary N) is 2. The minimum Gasteiger partial charge on any atom is -0.377 e. The Balaban J connectivity index is 1.81. The molecule has 8 nitrogen and oxygen atoms in total. The lowest BCUT2D eigenvalue weighted by atomic mass is 10.1. The molecule has 1 aromatic heterocycles. The Kier molecular flexibility index (Phi) is 6.87. The number of rotatable bonds is 5. The summed E-state index contributed by atoms with van der Waals surface area (Å²) in [6, 6.07) is 3.84. The van der Waals surface area contributed by atoms with Crippen LogP contribution in [-0.2, 0) is 21.3 Å². The highest BCUT2D eigenvalue weighted by atomic mass is 19.1. The van der Waals surface area contributed by atoms with Gasteiger partial charge >= 0.3 is 0 Å². The molecule has 1 fully saturated rings. The maximum absolute atomic E-state index is 13.5. The van der Waals surface area contributed by atoms with Crippen molar-refractivity contribution in [1.82, 2.24) is 9.88 Å². The first-order chi connectivity index (χ1) is 14.7. The predicted molar refractivity (Wildman–Crippen MR) is 112 cm³/mol. The molecular weight excluding hydrogens is 405 g/mol. The molecule has 0 saturated carbocycles. The Morgan fingerprint density at radius 1 is 1.10 bits per heavy atom. The van der Waals surface area contributed by atoms with Gasteiger partial charge in [0, 0.05) is 18.4 Å².